The van der Waals surface area contributed by atoms with Crippen molar-refractivity contribution in [1.29, 1.82) is 5.26 Å². The number of rotatable bonds is 5. The van der Waals surface area contributed by atoms with Crippen molar-refractivity contribution in [2.24, 2.45) is 0 Å². The van der Waals surface area contributed by atoms with Gasteiger partial charge in [-0.1, -0.05) is 0 Å². The van der Waals surface area contributed by atoms with Gasteiger partial charge in [-0.2, -0.15) is 10.2 Å². The van der Waals surface area contributed by atoms with Crippen LogP contribution in [0.5, 0.6) is 5.88 Å². The maximum Gasteiger partial charge on any atom is 0.407 e. The maximum absolute atomic E-state index is 12.9. The second kappa shape index (κ2) is 7.67. The molecule has 9 nitrogen and oxygen atoms in total. The molecule has 1 N–H and O–H groups in total. The van der Waals surface area contributed by atoms with Gasteiger partial charge < -0.3 is 14.8 Å². The number of nitrogens with zero attached hydrogens (tertiary/aromatic N) is 4. The summed E-state index contributed by atoms with van der Waals surface area (Å²) in [5.41, 5.74) is 2.10. The first kappa shape index (κ1) is 18.6. The van der Waals surface area contributed by atoms with Gasteiger partial charge in [0.25, 0.3) is 0 Å². The lowest BCUT2D eigenvalue weighted by atomic mass is 10.1. The van der Waals surface area contributed by atoms with Crippen molar-refractivity contribution in [1.82, 2.24) is 10.3 Å². The molecule has 0 unspecified atom stereocenters. The van der Waals surface area contributed by atoms with Gasteiger partial charge in [0, 0.05) is 30.8 Å². The number of nitriles is 1. The molecule has 29 heavy (non-hydrogen) atoms. The number of ether oxygens (including phenoxy) is 2. The first-order chi connectivity index (χ1) is 14.1. The van der Waals surface area contributed by atoms with Crippen LogP contribution in [0, 0.1) is 11.3 Å². The van der Waals surface area contributed by atoms with Crippen molar-refractivity contribution < 1.29 is 19.1 Å². The van der Waals surface area contributed by atoms with Gasteiger partial charge in [-0.3, -0.25) is 9.80 Å². The third-order valence-electron chi connectivity index (χ3n) is 4.92. The predicted molar refractivity (Wildman–Crippen MR) is 104 cm³/mol. The molecule has 148 valence electrons. The smallest absolute Gasteiger partial charge is 0.407 e. The SMILES string of the molecule is COc1nc(N2CCN(c3ccc(C#N)cc3)C2=O)ccc1C[C@H]1COC(=O)N1. The highest BCUT2D eigenvalue weighted by Crippen LogP contribution is 2.28. The number of alkyl carbamates (subject to hydrolysis) is 1. The number of aromatic nitrogens is 1. The van der Waals surface area contributed by atoms with Gasteiger partial charge in [0.2, 0.25) is 5.88 Å². The lowest BCUT2D eigenvalue weighted by molar-refractivity contribution is 0.176. The number of carbonyl (C=O) groups is 2. The molecule has 0 saturated carbocycles. The zero-order chi connectivity index (χ0) is 20.4. The van der Waals surface area contributed by atoms with Gasteiger partial charge in [-0.15, -0.1) is 0 Å². The van der Waals surface area contributed by atoms with Gasteiger partial charge in [0.05, 0.1) is 24.8 Å². The van der Waals surface area contributed by atoms with Crippen LogP contribution < -0.4 is 19.9 Å². The predicted octanol–water partition coefficient (Wildman–Crippen LogP) is 2.06. The Labute approximate surface area is 167 Å². The van der Waals surface area contributed by atoms with E-state index < -0.39 is 6.09 Å². The molecule has 0 radical (unpaired) electrons. The van der Waals surface area contributed by atoms with Crippen LogP contribution in [0.15, 0.2) is 36.4 Å². The van der Waals surface area contributed by atoms with Crippen LogP contribution in [0.2, 0.25) is 0 Å². The van der Waals surface area contributed by atoms with Crippen molar-refractivity contribution >= 4 is 23.6 Å². The summed E-state index contributed by atoms with van der Waals surface area (Å²) in [6.07, 6.45) is 0.0946. The Hall–Kier alpha value is -3.80. The Morgan fingerprint density at radius 1 is 1.21 bits per heavy atom. The van der Waals surface area contributed by atoms with Crippen molar-refractivity contribution in [2.75, 3.05) is 36.6 Å². The summed E-state index contributed by atoms with van der Waals surface area (Å²) >= 11 is 0. The summed E-state index contributed by atoms with van der Waals surface area (Å²) < 4.78 is 10.3. The highest BCUT2D eigenvalue weighted by molar-refractivity contribution is 6.05. The zero-order valence-electron chi connectivity index (χ0n) is 15.8. The number of hydrogen-bond acceptors (Lipinski definition) is 6. The molecule has 0 spiro atoms. The number of urea groups is 1. The number of amides is 3. The van der Waals surface area contributed by atoms with Gasteiger partial charge in [0.15, 0.2) is 0 Å². The minimum Gasteiger partial charge on any atom is -0.481 e. The zero-order valence-corrected chi connectivity index (χ0v) is 15.8. The normalized spacial score (nSPS) is 18.4. The van der Waals surface area contributed by atoms with Gasteiger partial charge in [0.1, 0.15) is 12.4 Å². The molecule has 2 aliphatic heterocycles. The Morgan fingerprint density at radius 2 is 1.97 bits per heavy atom. The van der Waals surface area contributed by atoms with E-state index in [0.29, 0.717) is 43.4 Å². The number of pyridine rings is 1. The fraction of sp³-hybridized carbons (Fsp3) is 0.300. The highest BCUT2D eigenvalue weighted by Gasteiger charge is 2.32. The number of carbonyl (C=O) groups excluding carboxylic acids is 2. The molecule has 3 heterocycles. The van der Waals surface area contributed by atoms with Crippen LogP contribution in [0.4, 0.5) is 21.1 Å². The number of cyclic esters (lactones) is 1. The fourth-order valence-electron chi connectivity index (χ4n) is 3.45. The number of hydrogen-bond donors (Lipinski definition) is 1. The summed E-state index contributed by atoms with van der Waals surface area (Å²) in [5, 5.41) is 11.7. The third kappa shape index (κ3) is 3.65. The molecule has 4 rings (SSSR count). The average molecular weight is 393 g/mol. The lowest BCUT2D eigenvalue weighted by Crippen LogP contribution is -2.32. The monoisotopic (exact) mass is 393 g/mol. The quantitative estimate of drug-likeness (QED) is 0.833. The Bertz CT molecular complexity index is 985. The van der Waals surface area contributed by atoms with E-state index in [0.717, 1.165) is 11.3 Å². The Balaban J connectivity index is 1.51. The molecule has 2 aliphatic rings. The molecule has 9 heteroatoms. The molecule has 2 saturated heterocycles. The first-order valence-electron chi connectivity index (χ1n) is 9.15. The van der Waals surface area contributed by atoms with Gasteiger partial charge >= 0.3 is 12.1 Å². The fourth-order valence-corrected chi connectivity index (χ4v) is 3.45. The Morgan fingerprint density at radius 3 is 2.62 bits per heavy atom. The van der Waals surface area contributed by atoms with Crippen molar-refractivity contribution in [3.05, 3.63) is 47.5 Å². The van der Waals surface area contributed by atoms with Crippen molar-refractivity contribution in [3.63, 3.8) is 0 Å². The van der Waals surface area contributed by atoms with E-state index in [1.165, 1.54) is 7.11 Å². The van der Waals surface area contributed by atoms with E-state index in [1.807, 2.05) is 6.07 Å². The molecule has 2 aromatic rings. The second-order valence-electron chi connectivity index (χ2n) is 6.73. The molecule has 2 fully saturated rings. The van der Waals surface area contributed by atoms with Crippen LogP contribution in [0.25, 0.3) is 0 Å². The minimum absolute atomic E-state index is 0.135. The summed E-state index contributed by atoms with van der Waals surface area (Å²) in [6.45, 7) is 1.30. The van der Waals surface area contributed by atoms with Crippen LogP contribution in [-0.2, 0) is 11.2 Å². The summed E-state index contributed by atoms with van der Waals surface area (Å²) in [6, 6.07) is 12.3. The first-order valence-corrected chi connectivity index (χ1v) is 9.15. The van der Waals surface area contributed by atoms with E-state index in [-0.39, 0.29) is 12.1 Å². The van der Waals surface area contributed by atoms with E-state index in [4.69, 9.17) is 14.7 Å². The number of nitrogens with one attached hydrogen (secondary N) is 1. The minimum atomic E-state index is -0.427. The Kier molecular flexibility index (Phi) is 4.91. The van der Waals surface area contributed by atoms with E-state index in [2.05, 4.69) is 16.4 Å². The molecule has 0 bridgehead atoms. The van der Waals surface area contributed by atoms with Gasteiger partial charge in [-0.05, 0) is 36.4 Å². The molecule has 1 atom stereocenters. The topological polar surface area (TPSA) is 108 Å². The maximum atomic E-state index is 12.9. The summed E-state index contributed by atoms with van der Waals surface area (Å²) in [4.78, 5) is 31.8. The van der Waals surface area contributed by atoms with Crippen LogP contribution >= 0.6 is 0 Å². The number of methoxy groups -OCH3 is 1. The number of benzene rings is 1. The lowest BCUT2D eigenvalue weighted by Gasteiger charge is -2.19. The van der Waals surface area contributed by atoms with Crippen molar-refractivity contribution in [2.45, 2.75) is 12.5 Å². The van der Waals surface area contributed by atoms with E-state index >= 15 is 0 Å². The second-order valence-corrected chi connectivity index (χ2v) is 6.73. The summed E-state index contributed by atoms with van der Waals surface area (Å²) in [5.74, 6) is 0.909. The van der Waals surface area contributed by atoms with Crippen LogP contribution in [0.1, 0.15) is 11.1 Å². The van der Waals surface area contributed by atoms with Crippen molar-refractivity contribution in [3.8, 4) is 11.9 Å². The van der Waals surface area contributed by atoms with E-state index in [1.54, 1.807) is 40.1 Å². The molecular formula is C20H19N5O4. The van der Waals surface area contributed by atoms with Gasteiger partial charge in [-0.25, -0.2) is 9.59 Å². The average Bonchev–Trinajstić information content (AvgIpc) is 3.33. The number of anilines is 2. The molecule has 1 aromatic heterocycles. The molecular weight excluding hydrogens is 374 g/mol. The largest absolute Gasteiger partial charge is 0.481 e. The standard InChI is InChI=1S/C20H19N5O4/c1-28-18-14(10-15-12-29-19(26)22-15)4-7-17(23-18)25-9-8-24(20(25)27)16-5-2-13(11-21)3-6-16/h2-7,15H,8-10,12H2,1H3,(H,22,26)/t15-/m0/s1. The molecule has 1 aromatic carbocycles. The highest BCUT2D eigenvalue weighted by atomic mass is 16.6. The van der Waals surface area contributed by atoms with E-state index in [9.17, 15) is 9.59 Å². The third-order valence-corrected chi connectivity index (χ3v) is 4.92. The van der Waals surface area contributed by atoms with Crippen LogP contribution in [-0.4, -0.2) is 50.0 Å². The van der Waals surface area contributed by atoms with Crippen LogP contribution in [0.3, 0.4) is 0 Å². The summed E-state index contributed by atoms with van der Waals surface area (Å²) in [7, 11) is 1.52. The molecule has 0 aliphatic carbocycles. The molecule has 3 amide bonds.